The molecule has 2 amide bonds. The number of aliphatic hydroxyl groups is 1. The van der Waals surface area contributed by atoms with Gasteiger partial charge in [0.2, 0.25) is 11.8 Å². The average Bonchev–Trinajstić information content (AvgIpc) is 0.779. The van der Waals surface area contributed by atoms with Crippen molar-refractivity contribution in [3.8, 4) is 5.75 Å². The van der Waals surface area contributed by atoms with Gasteiger partial charge in [-0.1, -0.05) is 394 Å². The minimum atomic E-state index is -5.54. The van der Waals surface area contributed by atoms with Gasteiger partial charge in [0.15, 0.2) is 12.4 Å². The lowest BCUT2D eigenvalue weighted by Gasteiger charge is -2.45. The molecular formula is C98H179N2O18P. The molecule has 0 bridgehead atoms. The third kappa shape index (κ3) is 62.6. The van der Waals surface area contributed by atoms with Crippen molar-refractivity contribution in [3.63, 3.8) is 0 Å². The summed E-state index contributed by atoms with van der Waals surface area (Å²) in [5.74, 6) is -3.48. The molecule has 1 fully saturated rings. The van der Waals surface area contributed by atoms with Gasteiger partial charge in [-0.3, -0.25) is 33.3 Å². The summed E-state index contributed by atoms with van der Waals surface area (Å²) in [6, 6.07) is 4.51. The topological polar surface area (TPSA) is 280 Å². The summed E-state index contributed by atoms with van der Waals surface area (Å²) >= 11 is 0. The molecule has 2 rings (SSSR count). The second-order valence-electron chi connectivity index (χ2n) is 34.9. The first kappa shape index (κ1) is 111. The molecule has 20 nitrogen and oxygen atoms in total. The van der Waals surface area contributed by atoms with Gasteiger partial charge in [-0.05, 0) is 69.9 Å². The molecular weight excluding hydrogens is 1520 g/mol. The van der Waals surface area contributed by atoms with E-state index in [1.807, 2.05) is 0 Å². The fourth-order valence-corrected chi connectivity index (χ4v) is 17.0. The minimum absolute atomic E-state index is 0.124. The van der Waals surface area contributed by atoms with Crippen molar-refractivity contribution in [1.82, 2.24) is 5.32 Å². The van der Waals surface area contributed by atoms with Crippen molar-refractivity contribution in [2.75, 3.05) is 24.7 Å². The van der Waals surface area contributed by atoms with Crippen LogP contribution in [0.15, 0.2) is 24.3 Å². The van der Waals surface area contributed by atoms with E-state index in [0.29, 0.717) is 57.1 Å². The van der Waals surface area contributed by atoms with Gasteiger partial charge in [0.1, 0.15) is 42.3 Å². The number of unbranched alkanes of at least 4 members (excludes halogenated alkanes) is 54. The molecule has 119 heavy (non-hydrogen) atoms. The van der Waals surface area contributed by atoms with Crippen molar-refractivity contribution >= 4 is 49.2 Å². The van der Waals surface area contributed by atoms with Crippen molar-refractivity contribution in [1.29, 1.82) is 0 Å². The number of phosphoric ester groups is 1. The summed E-state index contributed by atoms with van der Waals surface area (Å²) in [4.78, 5) is 109. The molecule has 3 unspecified atom stereocenters. The number of nitrogens with zero attached hydrogens (tertiary/aromatic N) is 1. The van der Waals surface area contributed by atoms with Gasteiger partial charge in [-0.15, -0.1) is 0 Å². The van der Waals surface area contributed by atoms with Crippen LogP contribution in [0.5, 0.6) is 5.75 Å². The molecule has 0 radical (unpaired) electrons. The lowest BCUT2D eigenvalue weighted by atomic mass is 9.96. The van der Waals surface area contributed by atoms with Gasteiger partial charge < -0.3 is 58.6 Å². The molecule has 8 atom stereocenters. The Morgan fingerprint density at radius 3 is 1.04 bits per heavy atom. The molecule has 1 saturated heterocycles. The molecule has 1 aromatic rings. The predicted molar refractivity (Wildman–Crippen MR) is 483 cm³/mol. The zero-order chi connectivity index (χ0) is 86.7. The third-order valence-electron chi connectivity index (χ3n) is 23.7. The van der Waals surface area contributed by atoms with Gasteiger partial charge in [0.05, 0.1) is 32.5 Å². The molecule has 5 N–H and O–H groups in total. The number of benzene rings is 1. The molecule has 0 saturated carbocycles. The number of hydrogen-bond acceptors (Lipinski definition) is 16. The summed E-state index contributed by atoms with van der Waals surface area (Å²) in [7, 11) is -5.54. The number of anilines is 1. The second-order valence-corrected chi connectivity index (χ2v) is 36.1. The van der Waals surface area contributed by atoms with Crippen LogP contribution in [0.4, 0.5) is 5.69 Å². The van der Waals surface area contributed by atoms with E-state index in [1.165, 1.54) is 190 Å². The van der Waals surface area contributed by atoms with E-state index in [0.717, 1.165) is 180 Å². The van der Waals surface area contributed by atoms with Crippen molar-refractivity contribution in [3.05, 3.63) is 24.3 Å². The first-order valence-electron chi connectivity index (χ1n) is 49.7. The Bertz CT molecular complexity index is 2650. The van der Waals surface area contributed by atoms with Crippen LogP contribution in [0.2, 0.25) is 0 Å². The number of esters is 4. The number of phosphoric acid groups is 1. The summed E-state index contributed by atoms with van der Waals surface area (Å²) < 4.78 is 56.7. The van der Waals surface area contributed by atoms with Crippen LogP contribution in [-0.4, -0.2) is 124 Å². The lowest BCUT2D eigenvalue weighted by Crippen LogP contribution is -2.66. The number of carbonyl (C=O) groups is 6. The Morgan fingerprint density at radius 1 is 0.412 bits per heavy atom. The van der Waals surface area contributed by atoms with Crippen LogP contribution < -0.4 is 10.2 Å². The van der Waals surface area contributed by atoms with E-state index in [2.05, 4.69) is 46.9 Å². The molecule has 1 aromatic carbocycles. The highest BCUT2D eigenvalue weighted by atomic mass is 31.2. The Kier molecular flexibility index (Phi) is 72.1. The standard InChI is InChI=1S/C98H179N2O18P/c1-7-13-19-25-31-37-40-46-52-58-64-73-91(105)113-85(70-61-55-49-43-34-28-22-16-10-4)79-89(103)99-95-97(117-94(108)81-87(72-63-57-51-45-36-30-24-18-12-6)115-93(107)75-66-60-54-48-42-39-33-27-21-15-9-3)96(118-119(109,110)111)88(82-101)116-98(95)112-77-76-100(83-68-67-69-84(102)78-83)90(104)80-86(71-62-56-50-44-35-29-23-17-11-5)114-92(106)74-65-59-53-47-41-38-32-26-20-14-8-2/h67-69,78,85-88,95-98,101-102H,7-66,70-77,79-82H2,1-6H3,(H,99,103)(H2,109,110,111)/t85-,86-,87-,88?,95?,96-,97?,98-/m1/s1. The lowest BCUT2D eigenvalue weighted by molar-refractivity contribution is -0.270. The smallest absolute Gasteiger partial charge is 0.470 e. The first-order chi connectivity index (χ1) is 57.9. The number of phenolic OH excluding ortho intramolecular Hbond substituents is 1. The first-order valence-corrected chi connectivity index (χ1v) is 51.2. The van der Waals surface area contributed by atoms with Gasteiger partial charge in [0, 0.05) is 37.6 Å². The number of aliphatic hydroxyl groups excluding tert-OH is 1. The maximum Gasteiger partial charge on any atom is 0.470 e. The maximum absolute atomic E-state index is 15.1. The van der Waals surface area contributed by atoms with Crippen LogP contribution in [0.25, 0.3) is 0 Å². The molecule has 0 aliphatic carbocycles. The zero-order valence-corrected chi connectivity index (χ0v) is 77.6. The van der Waals surface area contributed by atoms with Crippen molar-refractivity contribution in [2.24, 2.45) is 0 Å². The molecule has 1 aliphatic heterocycles. The summed E-state index contributed by atoms with van der Waals surface area (Å²) in [5, 5.41) is 25.1. The number of rotatable bonds is 85. The number of amides is 2. The van der Waals surface area contributed by atoms with E-state index in [4.69, 9.17) is 32.9 Å². The van der Waals surface area contributed by atoms with E-state index in [1.54, 1.807) is 12.1 Å². The molecule has 0 spiro atoms. The van der Waals surface area contributed by atoms with Gasteiger partial charge in [-0.2, -0.15) is 0 Å². The van der Waals surface area contributed by atoms with Crippen LogP contribution in [0.3, 0.4) is 0 Å². The molecule has 0 aromatic heterocycles. The monoisotopic (exact) mass is 1700 g/mol. The van der Waals surface area contributed by atoms with Crippen molar-refractivity contribution in [2.45, 2.75) is 534 Å². The van der Waals surface area contributed by atoms with E-state index < -0.39 is 99.5 Å². The van der Waals surface area contributed by atoms with Gasteiger partial charge >= 0.3 is 31.7 Å². The van der Waals surface area contributed by atoms with E-state index in [9.17, 15) is 43.7 Å². The maximum atomic E-state index is 15.1. The highest BCUT2D eigenvalue weighted by Crippen LogP contribution is 2.43. The summed E-state index contributed by atoms with van der Waals surface area (Å²) in [6.45, 7) is 11.7. The minimum Gasteiger partial charge on any atom is -0.508 e. The van der Waals surface area contributed by atoms with Gasteiger partial charge in [0.25, 0.3) is 0 Å². The number of nitrogens with one attached hydrogen (secondary N) is 1. The Labute approximate surface area is 725 Å². The van der Waals surface area contributed by atoms with E-state index in [-0.39, 0.29) is 57.0 Å². The van der Waals surface area contributed by atoms with Crippen LogP contribution in [0, 0.1) is 0 Å². The highest BCUT2D eigenvalue weighted by Gasteiger charge is 2.52. The van der Waals surface area contributed by atoms with Gasteiger partial charge in [-0.25, -0.2) is 4.57 Å². The zero-order valence-electron chi connectivity index (χ0n) is 76.7. The number of ether oxygens (including phenoxy) is 6. The fourth-order valence-electron chi connectivity index (χ4n) is 16.4. The average molecular weight is 1700 g/mol. The number of hydrogen-bond donors (Lipinski definition) is 5. The molecule has 1 heterocycles. The third-order valence-corrected chi connectivity index (χ3v) is 24.2. The largest absolute Gasteiger partial charge is 0.508 e. The second kappa shape index (κ2) is 77.4. The predicted octanol–water partition coefficient (Wildman–Crippen LogP) is 26.1. The van der Waals surface area contributed by atoms with Crippen LogP contribution in [-0.2, 0) is 66.3 Å². The molecule has 21 heteroatoms. The van der Waals surface area contributed by atoms with Crippen molar-refractivity contribution < 1.29 is 86.3 Å². The SMILES string of the molecule is CCCCCCCCCCCCCC(=O)O[C@H](CCCCCCCCCCC)CC(=O)NC1C(OC(=O)C[C@@H](CCCCCCCCCCC)OC(=O)CCCCCCCCCCCCC)[C@H](OP(=O)(O)O)C(CO)O[C@H]1OCCN(C(=O)C[C@@H](CCCCCCCCCCC)OC(=O)CCCCCCCCCCCCC)c1cccc(O)c1. The summed E-state index contributed by atoms with van der Waals surface area (Å²) in [6.07, 6.45) is 56.1. The molecule has 1 aliphatic rings. The normalized spacial score (nSPS) is 16.3. The Hall–Kier alpha value is -4.17. The Morgan fingerprint density at radius 2 is 0.723 bits per heavy atom. The highest BCUT2D eigenvalue weighted by molar-refractivity contribution is 7.46. The quantitative estimate of drug-likeness (QED) is 0.0175. The molecule has 694 valence electrons. The fraction of sp³-hybridized carbons (Fsp3) is 0.878. The van der Waals surface area contributed by atoms with E-state index >= 15 is 9.59 Å². The summed E-state index contributed by atoms with van der Waals surface area (Å²) in [5.41, 5.74) is 0.296. The van der Waals surface area contributed by atoms with Crippen LogP contribution >= 0.6 is 7.82 Å². The van der Waals surface area contributed by atoms with Crippen LogP contribution in [0.1, 0.15) is 485 Å². The Balaban J connectivity index is 2.71. The number of phenols is 1. The number of carbonyl (C=O) groups excluding carboxylic acids is 6. The number of aromatic hydroxyl groups is 1.